The summed E-state index contributed by atoms with van der Waals surface area (Å²) < 4.78 is 9.75. The summed E-state index contributed by atoms with van der Waals surface area (Å²) in [6.45, 7) is 4.84. The molecule has 0 saturated carbocycles. The minimum atomic E-state index is 0. The van der Waals surface area contributed by atoms with E-state index in [1.807, 2.05) is 30.3 Å². The fourth-order valence-electron chi connectivity index (χ4n) is 0.941. The molecular weight excluding hydrogens is 448 g/mol. The smallest absolute Gasteiger partial charge is 0.497 e. The van der Waals surface area contributed by atoms with Crippen LogP contribution in [0.15, 0.2) is 30.3 Å². The molecule has 0 fully saturated rings. The van der Waals surface area contributed by atoms with E-state index in [1.54, 1.807) is 14.2 Å². The maximum atomic E-state index is 5.60. The van der Waals surface area contributed by atoms with Crippen LogP contribution in [-0.4, -0.2) is 26.9 Å². The Hall–Kier alpha value is -0.584. The van der Waals surface area contributed by atoms with Gasteiger partial charge >= 0.3 is 19.8 Å². The van der Waals surface area contributed by atoms with Crippen molar-refractivity contribution in [2.45, 2.75) is 19.9 Å². The van der Waals surface area contributed by atoms with Crippen LogP contribution >= 0.6 is 0 Å². The van der Waals surface area contributed by atoms with Gasteiger partial charge in [-0.25, -0.2) is 0 Å². The Balaban J connectivity index is -0.0000000433. The molecule has 21 heavy (non-hydrogen) atoms. The average molecular weight is 484 g/mol. The molecule has 7 nitrogen and oxygen atoms in total. The molecule has 0 radical (unpaired) electrons. The summed E-state index contributed by atoms with van der Waals surface area (Å²) in [5, 5.41) is 0. The zero-order valence-electron chi connectivity index (χ0n) is 13.8. The molecule has 0 bridgehead atoms. The van der Waals surface area contributed by atoms with Gasteiger partial charge in [-0.05, 0) is 18.1 Å². The van der Waals surface area contributed by atoms with Crippen molar-refractivity contribution in [1.29, 1.82) is 0 Å². The van der Waals surface area contributed by atoms with Crippen LogP contribution in [-0.2, 0) is 24.5 Å². The van der Waals surface area contributed by atoms with Crippen LogP contribution in [0.1, 0.15) is 13.8 Å². The summed E-state index contributed by atoms with van der Waals surface area (Å²) in [6, 6.07) is 9.88. The second-order valence-electron chi connectivity index (χ2n) is 3.88. The molecule has 0 saturated heterocycles. The van der Waals surface area contributed by atoms with Gasteiger partial charge in [0, 0.05) is 13.2 Å². The van der Waals surface area contributed by atoms with Gasteiger partial charge in [0.05, 0.1) is 13.7 Å². The van der Waals surface area contributed by atoms with Crippen molar-refractivity contribution in [1.82, 2.24) is 24.6 Å². The molecule has 0 aliphatic carbocycles. The molecule has 1 atom stereocenters. The number of rotatable bonds is 4. The van der Waals surface area contributed by atoms with Crippen LogP contribution in [0.3, 0.4) is 0 Å². The van der Waals surface area contributed by atoms with Crippen LogP contribution in [0.4, 0.5) is 0 Å². The molecule has 130 valence electrons. The quantitative estimate of drug-likeness (QED) is 0.435. The van der Waals surface area contributed by atoms with Crippen LogP contribution in [0.5, 0.6) is 5.75 Å². The van der Waals surface area contributed by atoms with Crippen molar-refractivity contribution in [2.75, 3.05) is 20.8 Å². The second-order valence-corrected chi connectivity index (χ2v) is 3.88. The van der Waals surface area contributed by atoms with Gasteiger partial charge in [0.1, 0.15) is 5.75 Å². The molecule has 1 rings (SSSR count). The number of para-hydroxylation sites is 1. The minimum absolute atomic E-state index is 0. The van der Waals surface area contributed by atoms with Gasteiger partial charge in [-0.3, -0.25) is 0 Å². The standard InChI is InChI=1S/C7H8O.C6H15NO.4H3N.Os/c1-8-7-5-3-2-4-6-7;1-5(2)6(7)4-8-3;;;;;/h2-6H,1H3;5-6H,4,7H2,1-3H3;4*1H3;/q;;;;;;+2/t;6-;;;;;/m.1...../s1. The molecule has 0 aliphatic heterocycles. The molecular formula is C13H35N5O2Os+2. The van der Waals surface area contributed by atoms with Gasteiger partial charge < -0.3 is 39.8 Å². The van der Waals surface area contributed by atoms with Crippen molar-refractivity contribution in [2.24, 2.45) is 11.7 Å². The van der Waals surface area contributed by atoms with Gasteiger partial charge in [-0.1, -0.05) is 32.0 Å². The molecule has 0 unspecified atom stereocenters. The summed E-state index contributed by atoms with van der Waals surface area (Å²) >= 11 is 0. The molecule has 0 aliphatic rings. The molecule has 0 amide bonds. The van der Waals surface area contributed by atoms with E-state index in [2.05, 4.69) is 13.8 Å². The van der Waals surface area contributed by atoms with Gasteiger partial charge in [-0.15, -0.1) is 0 Å². The van der Waals surface area contributed by atoms with Crippen molar-refractivity contribution >= 4 is 0 Å². The maximum absolute atomic E-state index is 5.60. The summed E-state index contributed by atoms with van der Waals surface area (Å²) in [6.07, 6.45) is 0. The van der Waals surface area contributed by atoms with E-state index < -0.39 is 0 Å². The Morgan fingerprint density at radius 1 is 0.952 bits per heavy atom. The zero-order chi connectivity index (χ0) is 12.4. The first kappa shape index (κ1) is 37.0. The SMILES string of the molecule is COC[C@@H](N)C(C)C.COc1ccccc1.N.N.N.N.[Os+2]. The monoisotopic (exact) mass is 485 g/mol. The zero-order valence-corrected chi connectivity index (χ0v) is 16.4. The first-order chi connectivity index (χ1) is 7.61. The van der Waals surface area contributed by atoms with Crippen LogP contribution in [0, 0.1) is 5.92 Å². The van der Waals surface area contributed by atoms with E-state index in [9.17, 15) is 0 Å². The van der Waals surface area contributed by atoms with E-state index in [-0.39, 0.29) is 50.4 Å². The molecule has 14 N–H and O–H groups in total. The third kappa shape index (κ3) is 21.9. The Bertz CT molecular complexity index is 266. The normalized spacial score (nSPS) is 8.86. The first-order valence-electron chi connectivity index (χ1n) is 5.45. The summed E-state index contributed by atoms with van der Waals surface area (Å²) in [5.41, 5.74) is 5.60. The van der Waals surface area contributed by atoms with Gasteiger partial charge in [0.2, 0.25) is 0 Å². The van der Waals surface area contributed by atoms with Crippen LogP contribution < -0.4 is 35.1 Å². The van der Waals surface area contributed by atoms with E-state index in [1.165, 1.54) is 0 Å². The summed E-state index contributed by atoms with van der Waals surface area (Å²) in [5.74, 6) is 1.43. The predicted molar refractivity (Wildman–Crippen MR) is 87.8 cm³/mol. The number of ether oxygens (including phenoxy) is 2. The Morgan fingerprint density at radius 2 is 1.38 bits per heavy atom. The molecule has 1 aromatic rings. The number of benzene rings is 1. The summed E-state index contributed by atoms with van der Waals surface area (Å²) in [7, 11) is 3.33. The third-order valence-corrected chi connectivity index (χ3v) is 2.19. The number of hydrogen-bond donors (Lipinski definition) is 5. The van der Waals surface area contributed by atoms with E-state index >= 15 is 0 Å². The Morgan fingerprint density at radius 3 is 1.57 bits per heavy atom. The predicted octanol–water partition coefficient (Wildman–Crippen LogP) is 2.96. The Kier molecular flexibility index (Phi) is 43.1. The van der Waals surface area contributed by atoms with Gasteiger partial charge in [-0.2, -0.15) is 0 Å². The molecule has 1 aromatic carbocycles. The summed E-state index contributed by atoms with van der Waals surface area (Å²) in [4.78, 5) is 0. The number of methoxy groups -OCH3 is 2. The van der Waals surface area contributed by atoms with Crippen molar-refractivity contribution in [3.05, 3.63) is 30.3 Å². The molecule has 0 aromatic heterocycles. The largest absolute Gasteiger partial charge is 2.00 e. The van der Waals surface area contributed by atoms with E-state index in [4.69, 9.17) is 15.2 Å². The van der Waals surface area contributed by atoms with Crippen molar-refractivity contribution < 1.29 is 29.3 Å². The van der Waals surface area contributed by atoms with E-state index in [0.717, 1.165) is 5.75 Å². The molecule has 0 heterocycles. The minimum Gasteiger partial charge on any atom is -0.497 e. The molecule has 0 spiro atoms. The van der Waals surface area contributed by atoms with Gasteiger partial charge in [0.25, 0.3) is 0 Å². The number of nitrogens with two attached hydrogens (primary N) is 1. The van der Waals surface area contributed by atoms with Crippen LogP contribution in [0.2, 0.25) is 0 Å². The average Bonchev–Trinajstić information content (AvgIpc) is 2.31. The molecule has 8 heteroatoms. The fraction of sp³-hybridized carbons (Fsp3) is 0.538. The van der Waals surface area contributed by atoms with Crippen molar-refractivity contribution in [3.63, 3.8) is 0 Å². The third-order valence-electron chi connectivity index (χ3n) is 2.19. The Labute approximate surface area is 142 Å². The van der Waals surface area contributed by atoms with E-state index in [0.29, 0.717) is 12.5 Å². The second kappa shape index (κ2) is 24.4. The van der Waals surface area contributed by atoms with Crippen molar-refractivity contribution in [3.8, 4) is 5.75 Å². The van der Waals surface area contributed by atoms with Crippen LogP contribution in [0.25, 0.3) is 0 Å². The van der Waals surface area contributed by atoms with Gasteiger partial charge in [0.15, 0.2) is 0 Å². The number of hydrogen-bond acceptors (Lipinski definition) is 7. The maximum Gasteiger partial charge on any atom is 2.00 e. The fourth-order valence-corrected chi connectivity index (χ4v) is 0.941. The topological polar surface area (TPSA) is 184 Å². The first-order valence-corrected chi connectivity index (χ1v) is 5.45.